The van der Waals surface area contributed by atoms with E-state index in [0.29, 0.717) is 42.3 Å². The molecule has 0 aromatic heterocycles. The summed E-state index contributed by atoms with van der Waals surface area (Å²) in [7, 11) is 0. The summed E-state index contributed by atoms with van der Waals surface area (Å²) in [5, 5.41) is 9.27. The van der Waals surface area contributed by atoms with Gasteiger partial charge in [-0.3, -0.25) is 4.79 Å². The summed E-state index contributed by atoms with van der Waals surface area (Å²) in [5.74, 6) is -0.789. The highest BCUT2D eigenvalue weighted by Crippen LogP contribution is 2.33. The Labute approximate surface area is 168 Å². The summed E-state index contributed by atoms with van der Waals surface area (Å²) < 4.78 is 10.7. The number of morpholine rings is 1. The fourth-order valence-electron chi connectivity index (χ4n) is 2.81. The largest absolute Gasteiger partial charge is 0.449 e. The van der Waals surface area contributed by atoms with E-state index in [9.17, 15) is 14.9 Å². The third-order valence-corrected chi connectivity index (χ3v) is 5.44. The highest BCUT2D eigenvalue weighted by atomic mass is 32.2. The number of amides is 1. The minimum Gasteiger partial charge on any atom is -0.449 e. The quantitative estimate of drug-likeness (QED) is 0.723. The van der Waals surface area contributed by atoms with Gasteiger partial charge in [0.1, 0.15) is 6.07 Å². The average molecular weight is 396 g/mol. The molecule has 0 aliphatic carbocycles. The van der Waals surface area contributed by atoms with E-state index in [1.54, 1.807) is 42.2 Å². The Morgan fingerprint density at radius 2 is 1.75 bits per heavy atom. The fourth-order valence-corrected chi connectivity index (χ4v) is 3.82. The summed E-state index contributed by atoms with van der Waals surface area (Å²) in [4.78, 5) is 28.3. The van der Waals surface area contributed by atoms with E-state index < -0.39 is 12.1 Å². The maximum absolute atomic E-state index is 12.7. The number of nitriles is 1. The van der Waals surface area contributed by atoms with Crippen LogP contribution in [0.15, 0.2) is 58.3 Å². The Bertz CT molecular complexity index is 903. The van der Waals surface area contributed by atoms with E-state index in [1.807, 2.05) is 18.2 Å². The first-order valence-corrected chi connectivity index (χ1v) is 9.75. The molecule has 2 aromatic carbocycles. The molecular formula is C21H20N2O4S. The molecule has 1 atom stereocenters. The molecule has 6 nitrogen and oxygen atoms in total. The van der Waals surface area contributed by atoms with Gasteiger partial charge in [0.2, 0.25) is 0 Å². The molecule has 1 unspecified atom stereocenters. The van der Waals surface area contributed by atoms with E-state index in [0.717, 1.165) is 4.90 Å². The molecule has 28 heavy (non-hydrogen) atoms. The normalized spacial score (nSPS) is 14.8. The van der Waals surface area contributed by atoms with E-state index >= 15 is 0 Å². The van der Waals surface area contributed by atoms with Crippen LogP contribution in [0.2, 0.25) is 0 Å². The number of nitrogens with zero attached hydrogens (tertiary/aromatic N) is 2. The monoisotopic (exact) mass is 396 g/mol. The molecule has 1 aliphatic heterocycles. The van der Waals surface area contributed by atoms with Crippen molar-refractivity contribution in [1.82, 2.24) is 4.90 Å². The number of hydrogen-bond donors (Lipinski definition) is 0. The van der Waals surface area contributed by atoms with E-state index in [1.165, 1.54) is 11.8 Å². The average Bonchev–Trinajstić information content (AvgIpc) is 2.74. The Morgan fingerprint density at radius 3 is 2.46 bits per heavy atom. The minimum atomic E-state index is -0.880. The van der Waals surface area contributed by atoms with Crippen molar-refractivity contribution in [1.29, 1.82) is 5.26 Å². The molecule has 7 heteroatoms. The van der Waals surface area contributed by atoms with Gasteiger partial charge in [-0.05, 0) is 31.2 Å². The SMILES string of the molecule is CC(OC(=O)c1ccccc1Sc1ccccc1C#N)C(=O)N1CCOCC1. The predicted molar refractivity (Wildman–Crippen MR) is 104 cm³/mol. The number of carbonyl (C=O) groups excluding carboxylic acids is 2. The second kappa shape index (κ2) is 9.40. The van der Waals surface area contributed by atoms with Crippen molar-refractivity contribution >= 4 is 23.6 Å². The number of rotatable bonds is 5. The van der Waals surface area contributed by atoms with Gasteiger partial charge in [-0.2, -0.15) is 5.26 Å². The van der Waals surface area contributed by atoms with Crippen molar-refractivity contribution in [3.63, 3.8) is 0 Å². The molecule has 144 valence electrons. The molecule has 0 spiro atoms. The van der Waals surface area contributed by atoms with Crippen molar-refractivity contribution in [3.05, 3.63) is 59.7 Å². The molecule has 3 rings (SSSR count). The number of ether oxygens (including phenoxy) is 2. The van der Waals surface area contributed by atoms with Crippen LogP contribution in [-0.4, -0.2) is 49.2 Å². The Hall–Kier alpha value is -2.82. The molecule has 1 saturated heterocycles. The van der Waals surface area contributed by atoms with Gasteiger partial charge >= 0.3 is 5.97 Å². The molecule has 0 N–H and O–H groups in total. The topological polar surface area (TPSA) is 79.6 Å². The summed E-state index contributed by atoms with van der Waals surface area (Å²) in [6.45, 7) is 3.56. The van der Waals surface area contributed by atoms with Crippen LogP contribution in [0.5, 0.6) is 0 Å². The third-order valence-electron chi connectivity index (χ3n) is 4.29. The van der Waals surface area contributed by atoms with Crippen LogP contribution in [0.1, 0.15) is 22.8 Å². The van der Waals surface area contributed by atoms with Crippen molar-refractivity contribution in [3.8, 4) is 6.07 Å². The molecule has 1 aliphatic rings. The summed E-state index contributed by atoms with van der Waals surface area (Å²) in [6, 6.07) is 16.4. The molecule has 0 bridgehead atoms. The zero-order chi connectivity index (χ0) is 19.9. The molecule has 1 amide bonds. The van der Waals surface area contributed by atoms with Crippen LogP contribution in [0.25, 0.3) is 0 Å². The summed E-state index contributed by atoms with van der Waals surface area (Å²) >= 11 is 1.32. The molecule has 2 aromatic rings. The number of esters is 1. The van der Waals surface area contributed by atoms with Gasteiger partial charge in [-0.1, -0.05) is 36.0 Å². The second-order valence-corrected chi connectivity index (χ2v) is 7.28. The zero-order valence-electron chi connectivity index (χ0n) is 15.5. The van der Waals surface area contributed by atoms with Gasteiger partial charge < -0.3 is 14.4 Å². The van der Waals surface area contributed by atoms with Crippen LogP contribution in [0.4, 0.5) is 0 Å². The third kappa shape index (κ3) is 4.71. The van der Waals surface area contributed by atoms with Crippen LogP contribution >= 0.6 is 11.8 Å². The van der Waals surface area contributed by atoms with Gasteiger partial charge in [0, 0.05) is 22.9 Å². The first kappa shape index (κ1) is 19.9. The van der Waals surface area contributed by atoms with E-state index in [-0.39, 0.29) is 5.91 Å². The highest BCUT2D eigenvalue weighted by molar-refractivity contribution is 7.99. The van der Waals surface area contributed by atoms with Crippen LogP contribution < -0.4 is 0 Å². The molecule has 0 radical (unpaired) electrons. The van der Waals surface area contributed by atoms with Gasteiger partial charge in [0.05, 0.1) is 24.3 Å². The summed E-state index contributed by atoms with van der Waals surface area (Å²) in [5.41, 5.74) is 0.897. The lowest BCUT2D eigenvalue weighted by Crippen LogP contribution is -2.46. The smallest absolute Gasteiger partial charge is 0.340 e. The van der Waals surface area contributed by atoms with Crippen molar-refractivity contribution < 1.29 is 19.1 Å². The molecular weight excluding hydrogens is 376 g/mol. The Balaban J connectivity index is 1.73. The van der Waals surface area contributed by atoms with E-state index in [4.69, 9.17) is 9.47 Å². The van der Waals surface area contributed by atoms with Crippen LogP contribution in [0, 0.1) is 11.3 Å². The van der Waals surface area contributed by atoms with E-state index in [2.05, 4.69) is 6.07 Å². The van der Waals surface area contributed by atoms with Crippen molar-refractivity contribution in [2.45, 2.75) is 22.8 Å². The number of carbonyl (C=O) groups is 2. The maximum atomic E-state index is 12.7. The number of hydrogen-bond acceptors (Lipinski definition) is 6. The zero-order valence-corrected chi connectivity index (χ0v) is 16.3. The lowest BCUT2D eigenvalue weighted by Gasteiger charge is -2.29. The van der Waals surface area contributed by atoms with Crippen molar-refractivity contribution in [2.24, 2.45) is 0 Å². The number of benzene rings is 2. The standard InChI is InChI=1S/C21H20N2O4S/c1-15(20(24)23-10-12-26-13-11-23)27-21(25)17-7-3-5-9-19(17)28-18-8-4-2-6-16(18)14-22/h2-9,15H,10-13H2,1H3. The van der Waals surface area contributed by atoms with Crippen LogP contribution in [0.3, 0.4) is 0 Å². The maximum Gasteiger partial charge on any atom is 0.340 e. The van der Waals surface area contributed by atoms with Gasteiger partial charge in [0.25, 0.3) is 5.91 Å². The summed E-state index contributed by atoms with van der Waals surface area (Å²) in [6.07, 6.45) is -0.880. The fraction of sp³-hybridized carbons (Fsp3) is 0.286. The highest BCUT2D eigenvalue weighted by Gasteiger charge is 2.26. The molecule has 1 heterocycles. The second-order valence-electron chi connectivity index (χ2n) is 6.19. The Morgan fingerprint density at radius 1 is 1.11 bits per heavy atom. The van der Waals surface area contributed by atoms with Crippen molar-refractivity contribution in [2.75, 3.05) is 26.3 Å². The first-order chi connectivity index (χ1) is 13.6. The van der Waals surface area contributed by atoms with Gasteiger partial charge in [0.15, 0.2) is 6.10 Å². The molecule has 1 fully saturated rings. The lowest BCUT2D eigenvalue weighted by molar-refractivity contribution is -0.143. The molecule has 0 saturated carbocycles. The van der Waals surface area contributed by atoms with Gasteiger partial charge in [-0.15, -0.1) is 0 Å². The first-order valence-electron chi connectivity index (χ1n) is 8.93. The predicted octanol–water partition coefficient (Wildman–Crippen LogP) is 3.11. The lowest BCUT2D eigenvalue weighted by atomic mass is 10.2. The van der Waals surface area contributed by atoms with Crippen LogP contribution in [-0.2, 0) is 14.3 Å². The van der Waals surface area contributed by atoms with Gasteiger partial charge in [-0.25, -0.2) is 4.79 Å². The minimum absolute atomic E-state index is 0.225. The Kier molecular flexibility index (Phi) is 6.69.